The van der Waals surface area contributed by atoms with Crippen molar-refractivity contribution >= 4 is 23.3 Å². The predicted octanol–water partition coefficient (Wildman–Crippen LogP) is 2.49. The molecule has 4 aliphatic rings. The second kappa shape index (κ2) is 13.9. The Labute approximate surface area is 241 Å². The number of ketones is 3. The number of carbonyl (C=O) groups is 4. The van der Waals surface area contributed by atoms with Crippen LogP contribution in [0.2, 0.25) is 0 Å². The molecule has 5 rings (SSSR count). The summed E-state index contributed by atoms with van der Waals surface area (Å²) in [5, 5.41) is 2.94. The number of epoxide rings is 1. The molecule has 3 fully saturated rings. The first-order valence-corrected chi connectivity index (χ1v) is 15.0. The van der Waals surface area contributed by atoms with Gasteiger partial charge in [0, 0.05) is 37.8 Å². The Morgan fingerprint density at radius 2 is 1.76 bits per heavy atom. The van der Waals surface area contributed by atoms with E-state index in [4.69, 9.17) is 18.9 Å². The Balaban J connectivity index is 1.25. The van der Waals surface area contributed by atoms with E-state index in [0.29, 0.717) is 56.7 Å². The first-order chi connectivity index (χ1) is 19.9. The molecule has 10 nitrogen and oxygen atoms in total. The molecule has 1 N–H and O–H groups in total. The maximum atomic E-state index is 13.8. The molecule has 4 unspecified atom stereocenters. The molecule has 1 aliphatic carbocycles. The number of amides is 1. The van der Waals surface area contributed by atoms with Gasteiger partial charge in [0.1, 0.15) is 11.9 Å². The van der Waals surface area contributed by atoms with Crippen molar-refractivity contribution in [3.63, 3.8) is 0 Å². The van der Waals surface area contributed by atoms with E-state index >= 15 is 0 Å². The maximum absolute atomic E-state index is 13.8. The summed E-state index contributed by atoms with van der Waals surface area (Å²) in [5.41, 5.74) is 0.813. The van der Waals surface area contributed by atoms with E-state index in [1.165, 1.54) is 0 Å². The van der Waals surface area contributed by atoms with E-state index in [2.05, 4.69) is 5.32 Å². The summed E-state index contributed by atoms with van der Waals surface area (Å²) in [6.45, 7) is 5.16. The molecule has 0 spiro atoms. The second-order valence-electron chi connectivity index (χ2n) is 12.0. The Hall–Kier alpha value is -2.82. The van der Waals surface area contributed by atoms with Crippen molar-refractivity contribution in [3.05, 3.63) is 23.8 Å². The molecule has 1 aromatic carbocycles. The van der Waals surface area contributed by atoms with Gasteiger partial charge in [-0.1, -0.05) is 38.7 Å². The number of hydrogen-bond acceptors (Lipinski definition) is 9. The average molecular weight is 571 g/mol. The minimum absolute atomic E-state index is 0.000448. The summed E-state index contributed by atoms with van der Waals surface area (Å²) in [6.07, 6.45) is 5.16. The second-order valence-corrected chi connectivity index (χ2v) is 12.0. The lowest BCUT2D eigenvalue weighted by Gasteiger charge is -2.26. The third kappa shape index (κ3) is 8.36. The molecule has 0 radical (unpaired) electrons. The Morgan fingerprint density at radius 3 is 2.49 bits per heavy atom. The van der Waals surface area contributed by atoms with Crippen LogP contribution in [-0.4, -0.2) is 86.6 Å². The lowest BCUT2D eigenvalue weighted by atomic mass is 9.83. The van der Waals surface area contributed by atoms with Crippen molar-refractivity contribution in [1.29, 1.82) is 0 Å². The molecule has 41 heavy (non-hydrogen) atoms. The van der Waals surface area contributed by atoms with Gasteiger partial charge >= 0.3 is 0 Å². The summed E-state index contributed by atoms with van der Waals surface area (Å²) in [6, 6.07) is 4.64. The summed E-state index contributed by atoms with van der Waals surface area (Å²) in [7, 11) is 0. The molecule has 0 bridgehead atoms. The number of Topliss-reactive ketones (excluding diaryl/α,β-unsaturated/α-hetero) is 3. The van der Waals surface area contributed by atoms with Gasteiger partial charge in [0.25, 0.3) is 0 Å². The van der Waals surface area contributed by atoms with E-state index in [-0.39, 0.29) is 55.9 Å². The molecular formula is C31H42N2O8. The van der Waals surface area contributed by atoms with Crippen molar-refractivity contribution in [2.45, 2.75) is 70.4 Å². The van der Waals surface area contributed by atoms with Crippen molar-refractivity contribution in [2.24, 2.45) is 17.8 Å². The summed E-state index contributed by atoms with van der Waals surface area (Å²) >= 11 is 0. The average Bonchev–Trinajstić information content (AvgIpc) is 3.48. The van der Waals surface area contributed by atoms with Crippen LogP contribution < -0.4 is 14.8 Å². The number of fused-ring (bicyclic) bond motifs is 1. The van der Waals surface area contributed by atoms with E-state index in [1.807, 2.05) is 17.0 Å². The van der Waals surface area contributed by atoms with Crippen LogP contribution in [0.1, 0.15) is 57.4 Å². The van der Waals surface area contributed by atoms with Gasteiger partial charge in [-0.15, -0.1) is 0 Å². The van der Waals surface area contributed by atoms with E-state index in [9.17, 15) is 19.2 Å². The Morgan fingerprint density at radius 1 is 1.02 bits per heavy atom. The maximum Gasteiger partial charge on any atom is 0.231 e. The third-order valence-corrected chi connectivity index (χ3v) is 8.66. The quantitative estimate of drug-likeness (QED) is 0.317. The number of morpholine rings is 1. The van der Waals surface area contributed by atoms with Crippen LogP contribution in [0.3, 0.4) is 0 Å². The van der Waals surface area contributed by atoms with Gasteiger partial charge in [-0.3, -0.25) is 24.1 Å². The normalized spacial score (nSPS) is 22.6. The molecule has 1 saturated carbocycles. The standard InChI is InChI=1S/C31H42N2O8/c1-20(12-24(34)17-33-8-10-38-11-9-33)31(37)32-25(14-22-6-7-27-28(15-22)41-19-40-27)26(35)16-23(30(36)29-18-39-29)13-21-4-2-3-5-21/h6-7,15,20-21,23,25,29H,2-5,8-14,16-19H2,1H3,(H,32,37). The number of hydrogen-bond donors (Lipinski definition) is 1. The van der Waals surface area contributed by atoms with Crippen molar-refractivity contribution < 1.29 is 38.1 Å². The minimum Gasteiger partial charge on any atom is -0.454 e. The predicted molar refractivity (Wildman–Crippen MR) is 149 cm³/mol. The number of benzene rings is 1. The number of nitrogens with one attached hydrogen (secondary N) is 1. The molecule has 3 heterocycles. The zero-order valence-electron chi connectivity index (χ0n) is 23.9. The molecule has 224 valence electrons. The van der Waals surface area contributed by atoms with Gasteiger partial charge in [0.05, 0.1) is 32.4 Å². The van der Waals surface area contributed by atoms with Gasteiger partial charge in [-0.2, -0.15) is 0 Å². The lowest BCUT2D eigenvalue weighted by Crippen LogP contribution is -2.46. The highest BCUT2D eigenvalue weighted by Crippen LogP contribution is 2.35. The molecule has 3 aliphatic heterocycles. The smallest absolute Gasteiger partial charge is 0.231 e. The highest BCUT2D eigenvalue weighted by molar-refractivity contribution is 5.96. The van der Waals surface area contributed by atoms with Crippen molar-refractivity contribution in [1.82, 2.24) is 10.2 Å². The number of rotatable bonds is 15. The highest BCUT2D eigenvalue weighted by Gasteiger charge is 2.39. The van der Waals surface area contributed by atoms with Crippen LogP contribution in [-0.2, 0) is 35.1 Å². The van der Waals surface area contributed by atoms with Gasteiger partial charge in [0.15, 0.2) is 23.1 Å². The van der Waals surface area contributed by atoms with Crippen LogP contribution in [0.5, 0.6) is 11.5 Å². The summed E-state index contributed by atoms with van der Waals surface area (Å²) in [5.74, 6) is 0.133. The molecule has 1 amide bonds. The molecule has 10 heteroatoms. The SMILES string of the molecule is CC(CC(=O)CN1CCOCC1)C(=O)NC(Cc1ccc2c(c1)OCO2)C(=O)CC(CC1CCCC1)C(=O)C1CO1. The third-order valence-electron chi connectivity index (χ3n) is 8.66. The van der Waals surface area contributed by atoms with Crippen LogP contribution in [0.15, 0.2) is 18.2 Å². The minimum atomic E-state index is -0.835. The van der Waals surface area contributed by atoms with Gasteiger partial charge < -0.3 is 24.3 Å². The number of nitrogens with zero attached hydrogens (tertiary/aromatic N) is 1. The first-order valence-electron chi connectivity index (χ1n) is 15.0. The van der Waals surface area contributed by atoms with Gasteiger partial charge in [0.2, 0.25) is 12.7 Å². The van der Waals surface area contributed by atoms with Gasteiger partial charge in [-0.25, -0.2) is 0 Å². The van der Waals surface area contributed by atoms with Crippen LogP contribution in [0.25, 0.3) is 0 Å². The van der Waals surface area contributed by atoms with E-state index < -0.39 is 24.0 Å². The van der Waals surface area contributed by atoms with Crippen LogP contribution in [0, 0.1) is 17.8 Å². The summed E-state index contributed by atoms with van der Waals surface area (Å²) in [4.78, 5) is 54.9. The fraction of sp³-hybridized carbons (Fsp3) is 0.677. The van der Waals surface area contributed by atoms with Gasteiger partial charge in [-0.05, 0) is 36.5 Å². The fourth-order valence-electron chi connectivity index (χ4n) is 6.18. The van der Waals surface area contributed by atoms with Crippen molar-refractivity contribution in [3.8, 4) is 11.5 Å². The molecule has 0 aromatic heterocycles. The van der Waals surface area contributed by atoms with Crippen molar-refractivity contribution in [2.75, 3.05) is 46.2 Å². The highest BCUT2D eigenvalue weighted by atomic mass is 16.7. The first kappa shape index (κ1) is 29.7. The van der Waals surface area contributed by atoms with Crippen LogP contribution in [0.4, 0.5) is 0 Å². The van der Waals surface area contributed by atoms with E-state index in [1.54, 1.807) is 13.0 Å². The molecule has 4 atom stereocenters. The fourth-order valence-corrected chi connectivity index (χ4v) is 6.18. The van der Waals surface area contributed by atoms with E-state index in [0.717, 1.165) is 31.2 Å². The molecule has 1 aromatic rings. The van der Waals surface area contributed by atoms with Crippen LogP contribution >= 0.6 is 0 Å². The molecule has 2 saturated heterocycles. The summed E-state index contributed by atoms with van der Waals surface area (Å²) < 4.78 is 21.5. The Kier molecular flexibility index (Phi) is 10.1. The Bertz CT molecular complexity index is 1110. The lowest BCUT2D eigenvalue weighted by molar-refractivity contribution is -0.134. The number of carbonyl (C=O) groups excluding carboxylic acids is 4. The molecular weight excluding hydrogens is 528 g/mol. The largest absolute Gasteiger partial charge is 0.454 e. The zero-order valence-corrected chi connectivity index (χ0v) is 23.9. The topological polar surface area (TPSA) is 124 Å². The monoisotopic (exact) mass is 570 g/mol. The zero-order chi connectivity index (χ0) is 28.8. The number of ether oxygens (including phenoxy) is 4.